The molecule has 1 unspecified atom stereocenters. The Morgan fingerprint density at radius 3 is 2.84 bits per heavy atom. The van der Waals surface area contributed by atoms with E-state index in [2.05, 4.69) is 20.1 Å². The molecule has 0 bridgehead atoms. The molecular formula is C21H27N7O3. The number of anilines is 1. The normalized spacial score (nSPS) is 16.3. The Morgan fingerprint density at radius 2 is 2.13 bits per heavy atom. The number of ether oxygens (including phenoxy) is 1. The molecule has 3 aromatic heterocycles. The minimum absolute atomic E-state index is 0.135. The molecule has 1 atom stereocenters. The fourth-order valence-electron chi connectivity index (χ4n) is 3.80. The molecule has 0 aromatic carbocycles. The van der Waals surface area contributed by atoms with E-state index in [-0.39, 0.29) is 24.2 Å². The van der Waals surface area contributed by atoms with Gasteiger partial charge in [-0.1, -0.05) is 6.07 Å². The summed E-state index contributed by atoms with van der Waals surface area (Å²) in [5, 5.41) is 8.71. The van der Waals surface area contributed by atoms with Crippen LogP contribution in [0.4, 0.5) is 5.95 Å². The van der Waals surface area contributed by atoms with Gasteiger partial charge < -0.3 is 14.5 Å². The molecule has 0 spiro atoms. The van der Waals surface area contributed by atoms with Gasteiger partial charge in [-0.25, -0.2) is 4.52 Å². The molecule has 0 saturated carbocycles. The minimum Gasteiger partial charge on any atom is -0.380 e. The molecule has 10 heteroatoms. The van der Waals surface area contributed by atoms with E-state index in [1.54, 1.807) is 30.6 Å². The van der Waals surface area contributed by atoms with Gasteiger partial charge in [0.15, 0.2) is 11.4 Å². The maximum atomic E-state index is 13.1. The number of hydrogen-bond acceptors (Lipinski definition) is 7. The lowest BCUT2D eigenvalue weighted by Gasteiger charge is -2.14. The SMILES string of the molecule is CCN(C)C(=O)c1cnn(C)c1C(=O)Cc1ccc2nc(N3CCC(OC)C3)nn2c1. The average Bonchev–Trinajstić information content (AvgIpc) is 3.49. The van der Waals surface area contributed by atoms with Gasteiger partial charge in [-0.2, -0.15) is 10.1 Å². The van der Waals surface area contributed by atoms with E-state index in [4.69, 9.17) is 4.74 Å². The molecule has 1 saturated heterocycles. The van der Waals surface area contributed by atoms with Crippen LogP contribution < -0.4 is 4.90 Å². The van der Waals surface area contributed by atoms with Crippen molar-refractivity contribution in [1.82, 2.24) is 29.3 Å². The molecule has 1 amide bonds. The fraction of sp³-hybridized carbons (Fsp3) is 0.476. The number of methoxy groups -OCH3 is 1. The van der Waals surface area contributed by atoms with Crippen LogP contribution in [0.3, 0.4) is 0 Å². The van der Waals surface area contributed by atoms with Gasteiger partial charge in [0.2, 0.25) is 5.95 Å². The van der Waals surface area contributed by atoms with Crippen molar-refractivity contribution in [3.63, 3.8) is 0 Å². The zero-order chi connectivity index (χ0) is 22.1. The van der Waals surface area contributed by atoms with E-state index in [0.29, 0.717) is 29.4 Å². The van der Waals surface area contributed by atoms with Crippen LogP contribution in [0.25, 0.3) is 5.65 Å². The van der Waals surface area contributed by atoms with Gasteiger partial charge in [0.1, 0.15) is 5.69 Å². The minimum atomic E-state index is -0.213. The first-order chi connectivity index (χ1) is 14.9. The molecule has 1 aliphatic rings. The lowest BCUT2D eigenvalue weighted by molar-refractivity contribution is 0.0795. The monoisotopic (exact) mass is 425 g/mol. The fourth-order valence-corrected chi connectivity index (χ4v) is 3.80. The number of aryl methyl sites for hydroxylation is 1. The van der Waals surface area contributed by atoms with Gasteiger partial charge in [0.25, 0.3) is 5.91 Å². The van der Waals surface area contributed by atoms with E-state index in [1.165, 1.54) is 10.9 Å². The van der Waals surface area contributed by atoms with Crippen LogP contribution in [0.15, 0.2) is 24.5 Å². The van der Waals surface area contributed by atoms with E-state index >= 15 is 0 Å². The van der Waals surface area contributed by atoms with Crippen LogP contribution in [0.1, 0.15) is 39.8 Å². The number of aromatic nitrogens is 5. The Morgan fingerprint density at radius 1 is 1.32 bits per heavy atom. The first-order valence-electron chi connectivity index (χ1n) is 10.3. The number of carbonyl (C=O) groups excluding carboxylic acids is 2. The van der Waals surface area contributed by atoms with Crippen LogP contribution in [0.5, 0.6) is 0 Å². The Kier molecular flexibility index (Phi) is 5.73. The quantitative estimate of drug-likeness (QED) is 0.525. The van der Waals surface area contributed by atoms with Crippen LogP contribution in [-0.4, -0.2) is 80.9 Å². The standard InChI is InChI=1S/C21H27N7O3/c1-5-25(2)20(30)16-11-22-26(3)19(16)17(29)10-14-6-7-18-23-21(24-28(18)12-14)27-9-8-15(13-27)31-4/h6-7,11-12,15H,5,8-10,13H2,1-4H3. The molecule has 3 aromatic rings. The van der Waals surface area contributed by atoms with Gasteiger partial charge in [0.05, 0.1) is 17.9 Å². The number of ketones is 1. The highest BCUT2D eigenvalue weighted by Gasteiger charge is 2.26. The summed E-state index contributed by atoms with van der Waals surface area (Å²) in [5.74, 6) is 0.274. The van der Waals surface area contributed by atoms with E-state index < -0.39 is 0 Å². The topological polar surface area (TPSA) is 97.9 Å². The van der Waals surface area contributed by atoms with Crippen LogP contribution in [0, 0.1) is 0 Å². The molecule has 1 fully saturated rings. The zero-order valence-corrected chi connectivity index (χ0v) is 18.3. The summed E-state index contributed by atoms with van der Waals surface area (Å²) >= 11 is 0. The van der Waals surface area contributed by atoms with Crippen LogP contribution >= 0.6 is 0 Å². The smallest absolute Gasteiger partial charge is 0.257 e. The molecule has 10 nitrogen and oxygen atoms in total. The van der Waals surface area contributed by atoms with Gasteiger partial charge in [-0.3, -0.25) is 14.3 Å². The van der Waals surface area contributed by atoms with Crippen molar-refractivity contribution in [3.05, 3.63) is 41.3 Å². The van der Waals surface area contributed by atoms with Gasteiger partial charge >= 0.3 is 0 Å². The average molecular weight is 425 g/mol. The number of nitrogens with zero attached hydrogens (tertiary/aromatic N) is 7. The Bertz CT molecular complexity index is 1120. The summed E-state index contributed by atoms with van der Waals surface area (Å²) < 4.78 is 8.57. The largest absolute Gasteiger partial charge is 0.380 e. The molecule has 0 aliphatic carbocycles. The third-order valence-corrected chi connectivity index (χ3v) is 5.76. The Balaban J connectivity index is 1.55. The van der Waals surface area contributed by atoms with E-state index in [9.17, 15) is 9.59 Å². The van der Waals surface area contributed by atoms with Crippen LogP contribution in [0.2, 0.25) is 0 Å². The molecule has 164 valence electrons. The maximum absolute atomic E-state index is 13.1. The number of rotatable bonds is 7. The second kappa shape index (κ2) is 8.46. The third-order valence-electron chi connectivity index (χ3n) is 5.76. The van der Waals surface area contributed by atoms with Crippen LogP contribution in [-0.2, 0) is 18.2 Å². The highest BCUT2D eigenvalue weighted by molar-refractivity contribution is 6.07. The summed E-state index contributed by atoms with van der Waals surface area (Å²) in [4.78, 5) is 33.9. The van der Waals surface area contributed by atoms with E-state index in [1.807, 2.05) is 25.3 Å². The van der Waals surface area contributed by atoms with Gasteiger partial charge in [-0.15, -0.1) is 5.10 Å². The second-order valence-electron chi connectivity index (χ2n) is 7.79. The van der Waals surface area contributed by atoms with Crippen molar-refractivity contribution in [1.29, 1.82) is 0 Å². The summed E-state index contributed by atoms with van der Waals surface area (Å²) in [6, 6.07) is 3.72. The molecule has 4 rings (SSSR count). The number of amides is 1. The molecule has 0 radical (unpaired) electrons. The van der Waals surface area contributed by atoms with E-state index in [0.717, 1.165) is 25.1 Å². The molecule has 1 aliphatic heterocycles. The van der Waals surface area contributed by atoms with Crippen molar-refractivity contribution in [3.8, 4) is 0 Å². The first kappa shape index (κ1) is 21.0. The lowest BCUT2D eigenvalue weighted by Crippen LogP contribution is -2.28. The summed E-state index contributed by atoms with van der Waals surface area (Å²) in [5.41, 5.74) is 2.14. The molecule has 4 heterocycles. The first-order valence-corrected chi connectivity index (χ1v) is 10.3. The number of fused-ring (bicyclic) bond motifs is 1. The number of hydrogen-bond donors (Lipinski definition) is 0. The maximum Gasteiger partial charge on any atom is 0.257 e. The zero-order valence-electron chi connectivity index (χ0n) is 18.3. The lowest BCUT2D eigenvalue weighted by atomic mass is 10.1. The highest BCUT2D eigenvalue weighted by atomic mass is 16.5. The second-order valence-corrected chi connectivity index (χ2v) is 7.79. The Hall–Kier alpha value is -3.27. The summed E-state index contributed by atoms with van der Waals surface area (Å²) in [6.45, 7) is 4.05. The van der Waals surface area contributed by atoms with Crippen molar-refractivity contribution < 1.29 is 14.3 Å². The van der Waals surface area contributed by atoms with Crippen molar-refractivity contribution >= 4 is 23.3 Å². The Labute approximate surface area is 180 Å². The third kappa shape index (κ3) is 4.02. The number of carbonyl (C=O) groups is 2. The van der Waals surface area contributed by atoms with Crippen molar-refractivity contribution in [2.24, 2.45) is 7.05 Å². The van der Waals surface area contributed by atoms with Gasteiger partial charge in [-0.05, 0) is 25.0 Å². The van der Waals surface area contributed by atoms with Crippen molar-refractivity contribution in [2.45, 2.75) is 25.9 Å². The molecule has 0 N–H and O–H groups in total. The summed E-state index contributed by atoms with van der Waals surface area (Å²) in [6.07, 6.45) is 4.55. The van der Waals surface area contributed by atoms with Crippen molar-refractivity contribution in [2.75, 3.05) is 38.7 Å². The number of Topliss-reactive ketones (excluding diaryl/α,β-unsaturated/α-hetero) is 1. The predicted octanol–water partition coefficient (Wildman–Crippen LogP) is 1.21. The van der Waals surface area contributed by atoms with Gasteiger partial charge in [0, 0.05) is 53.5 Å². The molecule has 31 heavy (non-hydrogen) atoms. The number of pyridine rings is 1. The molecular weight excluding hydrogens is 398 g/mol. The summed E-state index contributed by atoms with van der Waals surface area (Å²) in [7, 11) is 5.09. The highest BCUT2D eigenvalue weighted by Crippen LogP contribution is 2.20. The predicted molar refractivity (Wildman–Crippen MR) is 114 cm³/mol.